The van der Waals surface area contributed by atoms with E-state index in [4.69, 9.17) is 0 Å². The lowest BCUT2D eigenvalue weighted by Crippen LogP contribution is -2.44. The topological polar surface area (TPSA) is 54.5 Å². The van der Waals surface area contributed by atoms with Crippen LogP contribution in [0.25, 0.3) is 0 Å². The van der Waals surface area contributed by atoms with Crippen LogP contribution in [-0.2, 0) is 16.2 Å². The Hall–Kier alpha value is -2.56. The number of carbonyl (C=O) groups is 1. The van der Waals surface area contributed by atoms with Crippen LogP contribution in [0.2, 0.25) is 0 Å². The van der Waals surface area contributed by atoms with E-state index >= 15 is 0 Å². The van der Waals surface area contributed by atoms with Crippen LogP contribution in [0.1, 0.15) is 15.9 Å². The van der Waals surface area contributed by atoms with Gasteiger partial charge in [0.25, 0.3) is 5.91 Å². The Kier molecular flexibility index (Phi) is 5.04. The van der Waals surface area contributed by atoms with Gasteiger partial charge in [-0.1, -0.05) is 18.2 Å². The van der Waals surface area contributed by atoms with E-state index in [0.717, 1.165) is 12.1 Å². The summed E-state index contributed by atoms with van der Waals surface area (Å²) < 4.78 is 99.7. The SMILES string of the molecule is O=C(c1ccccc1)N(c1ccc(C(F)(F)F)cc1)S(=O)(=O)C(F)(F)F. The van der Waals surface area contributed by atoms with Crippen LogP contribution in [-0.4, -0.2) is 19.8 Å². The van der Waals surface area contributed by atoms with Crippen LogP contribution in [0.3, 0.4) is 0 Å². The minimum Gasteiger partial charge on any atom is -0.268 e. The van der Waals surface area contributed by atoms with Gasteiger partial charge < -0.3 is 0 Å². The van der Waals surface area contributed by atoms with Gasteiger partial charge in [-0.2, -0.15) is 39.1 Å². The molecule has 0 aliphatic heterocycles. The molecule has 2 rings (SSSR count). The Bertz CT molecular complexity index is 890. The number of benzene rings is 2. The molecule has 0 saturated carbocycles. The Morgan fingerprint density at radius 2 is 1.31 bits per heavy atom. The monoisotopic (exact) mass is 397 g/mol. The smallest absolute Gasteiger partial charge is 0.268 e. The minimum atomic E-state index is -6.18. The maximum atomic E-state index is 13.0. The maximum Gasteiger partial charge on any atom is 0.517 e. The molecule has 4 nitrogen and oxygen atoms in total. The molecule has 0 atom stereocenters. The highest BCUT2D eigenvalue weighted by atomic mass is 32.2. The molecule has 0 N–H and O–H groups in total. The molecule has 2 aromatic carbocycles. The summed E-state index contributed by atoms with van der Waals surface area (Å²) in [5, 5.41) is 0. The summed E-state index contributed by atoms with van der Waals surface area (Å²) in [6.07, 6.45) is -4.78. The molecule has 0 fully saturated rings. The standard InChI is InChI=1S/C15H9F6NO3S/c16-14(17,18)11-6-8-12(9-7-11)22(26(24,25)15(19,20)21)13(23)10-4-2-1-3-5-10/h1-9H. The number of nitrogens with zero attached hydrogens (tertiary/aromatic N) is 1. The lowest BCUT2D eigenvalue weighted by Gasteiger charge is -2.24. The van der Waals surface area contributed by atoms with E-state index in [1.54, 1.807) is 0 Å². The Labute approximate surface area is 143 Å². The summed E-state index contributed by atoms with van der Waals surface area (Å²) in [7, 11) is -6.18. The molecule has 0 bridgehead atoms. The van der Waals surface area contributed by atoms with Crippen LogP contribution in [0.4, 0.5) is 32.0 Å². The lowest BCUT2D eigenvalue weighted by molar-refractivity contribution is -0.137. The quantitative estimate of drug-likeness (QED) is 0.730. The molecular formula is C15H9F6NO3S. The maximum absolute atomic E-state index is 13.0. The summed E-state index contributed by atoms with van der Waals surface area (Å²) in [5.41, 5.74) is -8.30. The average Bonchev–Trinajstić information content (AvgIpc) is 2.54. The van der Waals surface area contributed by atoms with E-state index in [1.807, 2.05) is 0 Å². The van der Waals surface area contributed by atoms with Crippen LogP contribution < -0.4 is 4.31 Å². The second-order valence-electron chi connectivity index (χ2n) is 4.93. The molecule has 26 heavy (non-hydrogen) atoms. The summed E-state index contributed by atoms with van der Waals surface area (Å²) in [6, 6.07) is 7.89. The van der Waals surface area contributed by atoms with Crippen molar-refractivity contribution in [2.24, 2.45) is 0 Å². The second kappa shape index (κ2) is 6.63. The number of anilines is 1. The van der Waals surface area contributed by atoms with E-state index in [9.17, 15) is 39.6 Å². The zero-order valence-electron chi connectivity index (χ0n) is 12.5. The third-order valence-electron chi connectivity index (χ3n) is 3.17. The van der Waals surface area contributed by atoms with Crippen molar-refractivity contribution >= 4 is 21.6 Å². The van der Waals surface area contributed by atoms with Crippen molar-refractivity contribution in [3.05, 3.63) is 65.7 Å². The number of carbonyl (C=O) groups excluding carboxylic acids is 1. The molecule has 1 amide bonds. The van der Waals surface area contributed by atoms with E-state index in [0.29, 0.717) is 24.3 Å². The number of rotatable bonds is 3. The zero-order valence-corrected chi connectivity index (χ0v) is 13.4. The molecule has 140 valence electrons. The van der Waals surface area contributed by atoms with Crippen molar-refractivity contribution in [2.75, 3.05) is 4.31 Å². The van der Waals surface area contributed by atoms with Crippen LogP contribution >= 0.6 is 0 Å². The first-order valence-corrected chi connectivity index (χ1v) is 8.18. The highest BCUT2D eigenvalue weighted by molar-refractivity contribution is 7.94. The highest BCUT2D eigenvalue weighted by Crippen LogP contribution is 2.35. The van der Waals surface area contributed by atoms with Gasteiger partial charge in [-0.15, -0.1) is 0 Å². The molecule has 0 aliphatic rings. The number of halogens is 6. The van der Waals surface area contributed by atoms with Gasteiger partial charge in [0, 0.05) is 5.56 Å². The van der Waals surface area contributed by atoms with Gasteiger partial charge in [0.15, 0.2) is 0 Å². The van der Waals surface area contributed by atoms with Gasteiger partial charge in [-0.05, 0) is 36.4 Å². The fourth-order valence-electron chi connectivity index (χ4n) is 1.95. The van der Waals surface area contributed by atoms with Crippen LogP contribution in [0.15, 0.2) is 54.6 Å². The molecule has 0 spiro atoms. The highest BCUT2D eigenvalue weighted by Gasteiger charge is 2.52. The van der Waals surface area contributed by atoms with Gasteiger partial charge in [-0.3, -0.25) is 4.79 Å². The van der Waals surface area contributed by atoms with Crippen molar-refractivity contribution in [1.29, 1.82) is 0 Å². The fourth-order valence-corrected chi connectivity index (χ4v) is 2.88. The van der Waals surface area contributed by atoms with Gasteiger partial charge in [0.2, 0.25) is 0 Å². The second-order valence-corrected chi connectivity index (χ2v) is 6.71. The third-order valence-corrected chi connectivity index (χ3v) is 4.61. The third kappa shape index (κ3) is 3.82. The Balaban J connectivity index is 2.60. The number of alkyl halides is 6. The van der Waals surface area contributed by atoms with Crippen LogP contribution in [0, 0.1) is 0 Å². The summed E-state index contributed by atoms with van der Waals surface area (Å²) in [6.45, 7) is 0. The molecule has 0 radical (unpaired) electrons. The molecule has 2 aromatic rings. The molecule has 0 aliphatic carbocycles. The number of sulfonamides is 1. The van der Waals surface area contributed by atoms with E-state index in [2.05, 4.69) is 0 Å². The van der Waals surface area contributed by atoms with Gasteiger partial charge in [0.05, 0.1) is 11.3 Å². The van der Waals surface area contributed by atoms with Crippen LogP contribution in [0.5, 0.6) is 0 Å². The van der Waals surface area contributed by atoms with Gasteiger partial charge in [-0.25, -0.2) is 0 Å². The van der Waals surface area contributed by atoms with Crippen molar-refractivity contribution < 1.29 is 39.6 Å². The first kappa shape index (κ1) is 19.8. The van der Waals surface area contributed by atoms with E-state index < -0.39 is 43.2 Å². The van der Waals surface area contributed by atoms with Crippen molar-refractivity contribution in [2.45, 2.75) is 11.7 Å². The van der Waals surface area contributed by atoms with Crippen molar-refractivity contribution in [3.63, 3.8) is 0 Å². The summed E-state index contributed by atoms with van der Waals surface area (Å²) >= 11 is 0. The predicted molar refractivity (Wildman–Crippen MR) is 79.7 cm³/mol. The fraction of sp³-hybridized carbons (Fsp3) is 0.133. The minimum absolute atomic E-state index is 0.381. The summed E-state index contributed by atoms with van der Waals surface area (Å²) in [5.74, 6) is -1.55. The normalized spacial score (nSPS) is 12.7. The molecule has 0 heterocycles. The first-order valence-electron chi connectivity index (χ1n) is 6.74. The van der Waals surface area contributed by atoms with E-state index in [-0.39, 0.29) is 5.56 Å². The summed E-state index contributed by atoms with van der Waals surface area (Å²) in [4.78, 5) is 12.3. The molecule has 0 saturated heterocycles. The number of hydrogen-bond acceptors (Lipinski definition) is 3. The number of amides is 1. The Morgan fingerprint density at radius 1 is 0.808 bits per heavy atom. The van der Waals surface area contributed by atoms with Gasteiger partial charge in [0.1, 0.15) is 0 Å². The Morgan fingerprint density at radius 3 is 1.73 bits per heavy atom. The zero-order chi connectivity index (χ0) is 19.8. The molecular weight excluding hydrogens is 388 g/mol. The van der Waals surface area contributed by atoms with Crippen molar-refractivity contribution in [3.8, 4) is 0 Å². The first-order chi connectivity index (χ1) is 11.9. The lowest BCUT2D eigenvalue weighted by atomic mass is 10.2. The van der Waals surface area contributed by atoms with Crippen molar-refractivity contribution in [1.82, 2.24) is 0 Å². The van der Waals surface area contributed by atoms with E-state index in [1.165, 1.54) is 18.2 Å². The molecule has 0 unspecified atom stereocenters. The average molecular weight is 397 g/mol. The number of hydrogen-bond donors (Lipinski definition) is 0. The molecule has 11 heteroatoms. The van der Waals surface area contributed by atoms with Gasteiger partial charge >= 0.3 is 21.7 Å². The predicted octanol–water partition coefficient (Wildman–Crippen LogP) is 4.20. The largest absolute Gasteiger partial charge is 0.517 e. The molecule has 0 aromatic heterocycles.